The molecule has 0 unspecified atom stereocenters. The van der Waals surface area contributed by atoms with E-state index in [1.54, 1.807) is 7.11 Å². The number of methoxy groups -OCH3 is 1. The second-order valence-electron chi connectivity index (χ2n) is 6.36. The third kappa shape index (κ3) is 5.06. The van der Waals surface area contributed by atoms with Crippen LogP contribution in [0.25, 0.3) is 0 Å². The summed E-state index contributed by atoms with van der Waals surface area (Å²) in [6.45, 7) is 5.64. The molecule has 1 aromatic heterocycles. The van der Waals surface area contributed by atoms with E-state index < -0.39 is 0 Å². The highest BCUT2D eigenvalue weighted by molar-refractivity contribution is 5.60. The van der Waals surface area contributed by atoms with Crippen LogP contribution in [0.2, 0.25) is 0 Å². The number of hydrogen-bond donors (Lipinski definition) is 2. The molecule has 1 aromatic carbocycles. The lowest BCUT2D eigenvalue weighted by Crippen LogP contribution is -2.29. The lowest BCUT2D eigenvalue weighted by Gasteiger charge is -2.28. The van der Waals surface area contributed by atoms with Gasteiger partial charge >= 0.3 is 0 Å². The number of nitrogens with zero attached hydrogens (tertiary/aromatic N) is 3. The molecule has 0 saturated carbocycles. The van der Waals surface area contributed by atoms with Crippen LogP contribution >= 0.6 is 0 Å². The van der Waals surface area contributed by atoms with E-state index in [2.05, 4.69) is 49.8 Å². The van der Waals surface area contributed by atoms with E-state index in [9.17, 15) is 0 Å². The standard InChI is InChI=1S/C19H27N5O/c1-15-14-18(20-10-13-25-2)23-19(21-15)22-16-6-8-17(9-7-16)24-11-4-3-5-12-24/h6-9,14H,3-5,10-13H2,1-2H3,(H2,20,21,22,23). The van der Waals surface area contributed by atoms with Gasteiger partial charge in [-0.25, -0.2) is 4.98 Å². The van der Waals surface area contributed by atoms with Crippen molar-refractivity contribution in [2.75, 3.05) is 48.9 Å². The summed E-state index contributed by atoms with van der Waals surface area (Å²) in [5.41, 5.74) is 3.20. The summed E-state index contributed by atoms with van der Waals surface area (Å²) in [5, 5.41) is 6.54. The van der Waals surface area contributed by atoms with Gasteiger partial charge in [0.15, 0.2) is 0 Å². The number of ether oxygens (including phenoxy) is 1. The summed E-state index contributed by atoms with van der Waals surface area (Å²) in [7, 11) is 1.69. The first-order chi connectivity index (χ1) is 12.2. The van der Waals surface area contributed by atoms with Crippen molar-refractivity contribution >= 4 is 23.1 Å². The number of aromatic nitrogens is 2. The first kappa shape index (κ1) is 17.5. The molecule has 3 rings (SSSR count). The Labute approximate surface area is 149 Å². The quantitative estimate of drug-likeness (QED) is 0.751. The zero-order valence-corrected chi connectivity index (χ0v) is 15.1. The highest BCUT2D eigenvalue weighted by Gasteiger charge is 2.10. The van der Waals surface area contributed by atoms with Crippen molar-refractivity contribution < 1.29 is 4.74 Å². The Balaban J connectivity index is 1.65. The van der Waals surface area contributed by atoms with Crippen LogP contribution in [-0.2, 0) is 4.74 Å². The van der Waals surface area contributed by atoms with Crippen LogP contribution in [0.4, 0.5) is 23.1 Å². The van der Waals surface area contributed by atoms with E-state index in [1.165, 1.54) is 24.9 Å². The molecule has 25 heavy (non-hydrogen) atoms. The first-order valence-corrected chi connectivity index (χ1v) is 8.95. The van der Waals surface area contributed by atoms with Crippen LogP contribution in [0.5, 0.6) is 0 Å². The fourth-order valence-electron chi connectivity index (χ4n) is 3.03. The molecular formula is C19H27N5O. The average molecular weight is 341 g/mol. The van der Waals surface area contributed by atoms with Gasteiger partial charge in [0.1, 0.15) is 5.82 Å². The smallest absolute Gasteiger partial charge is 0.229 e. The molecule has 2 N–H and O–H groups in total. The Morgan fingerprint density at radius 2 is 1.84 bits per heavy atom. The van der Waals surface area contributed by atoms with E-state index in [0.29, 0.717) is 12.6 Å². The van der Waals surface area contributed by atoms with Crippen molar-refractivity contribution in [1.82, 2.24) is 9.97 Å². The fraction of sp³-hybridized carbons (Fsp3) is 0.474. The summed E-state index contributed by atoms with van der Waals surface area (Å²) in [4.78, 5) is 11.4. The van der Waals surface area contributed by atoms with Gasteiger partial charge in [-0.1, -0.05) is 0 Å². The Bertz CT molecular complexity index is 668. The Kier molecular flexibility index (Phi) is 6.06. The highest BCUT2D eigenvalue weighted by Crippen LogP contribution is 2.23. The predicted octanol–water partition coefficient (Wildman–Crippen LogP) is 3.58. The number of rotatable bonds is 7. The third-order valence-corrected chi connectivity index (χ3v) is 4.31. The van der Waals surface area contributed by atoms with Crippen LogP contribution in [0.3, 0.4) is 0 Å². The molecule has 0 amide bonds. The summed E-state index contributed by atoms with van der Waals surface area (Å²) in [6, 6.07) is 10.4. The summed E-state index contributed by atoms with van der Waals surface area (Å²) in [5.74, 6) is 1.41. The molecule has 1 saturated heterocycles. The van der Waals surface area contributed by atoms with Gasteiger partial charge in [-0.2, -0.15) is 4.98 Å². The number of aryl methyl sites for hydroxylation is 1. The molecule has 1 aliphatic heterocycles. The maximum atomic E-state index is 5.06. The Hall–Kier alpha value is -2.34. The van der Waals surface area contributed by atoms with Gasteiger partial charge in [0.25, 0.3) is 0 Å². The summed E-state index contributed by atoms with van der Waals surface area (Å²) >= 11 is 0. The van der Waals surface area contributed by atoms with Crippen LogP contribution in [0.15, 0.2) is 30.3 Å². The lowest BCUT2D eigenvalue weighted by atomic mass is 10.1. The zero-order chi connectivity index (χ0) is 17.5. The Morgan fingerprint density at radius 1 is 1.08 bits per heavy atom. The molecule has 0 aliphatic carbocycles. The minimum Gasteiger partial charge on any atom is -0.383 e. The van der Waals surface area contributed by atoms with Gasteiger partial charge in [0, 0.05) is 49.9 Å². The van der Waals surface area contributed by atoms with Crippen LogP contribution in [-0.4, -0.2) is 43.3 Å². The van der Waals surface area contributed by atoms with Crippen molar-refractivity contribution in [1.29, 1.82) is 0 Å². The number of benzene rings is 1. The molecule has 134 valence electrons. The van der Waals surface area contributed by atoms with Crippen LogP contribution < -0.4 is 15.5 Å². The van der Waals surface area contributed by atoms with Gasteiger partial charge in [-0.05, 0) is 50.5 Å². The highest BCUT2D eigenvalue weighted by atomic mass is 16.5. The minimum atomic E-state index is 0.602. The number of hydrogen-bond acceptors (Lipinski definition) is 6. The third-order valence-electron chi connectivity index (χ3n) is 4.31. The number of piperidine rings is 1. The molecule has 2 aromatic rings. The molecular weight excluding hydrogens is 314 g/mol. The molecule has 0 spiro atoms. The number of nitrogens with one attached hydrogen (secondary N) is 2. The predicted molar refractivity (Wildman–Crippen MR) is 103 cm³/mol. The summed E-state index contributed by atoms with van der Waals surface area (Å²) in [6.07, 6.45) is 3.92. The van der Waals surface area contributed by atoms with Crippen LogP contribution in [0, 0.1) is 6.92 Å². The van der Waals surface area contributed by atoms with E-state index in [-0.39, 0.29) is 0 Å². The lowest BCUT2D eigenvalue weighted by molar-refractivity contribution is 0.210. The van der Waals surface area contributed by atoms with Gasteiger partial charge in [-0.3, -0.25) is 0 Å². The minimum absolute atomic E-state index is 0.602. The van der Waals surface area contributed by atoms with Crippen molar-refractivity contribution in [2.24, 2.45) is 0 Å². The van der Waals surface area contributed by atoms with Crippen molar-refractivity contribution in [3.63, 3.8) is 0 Å². The topological polar surface area (TPSA) is 62.3 Å². The molecule has 0 radical (unpaired) electrons. The van der Waals surface area contributed by atoms with Gasteiger partial charge in [0.05, 0.1) is 6.61 Å². The van der Waals surface area contributed by atoms with E-state index >= 15 is 0 Å². The van der Waals surface area contributed by atoms with Crippen molar-refractivity contribution in [2.45, 2.75) is 26.2 Å². The van der Waals surface area contributed by atoms with Gasteiger partial charge in [0.2, 0.25) is 5.95 Å². The normalized spacial score (nSPS) is 14.4. The zero-order valence-electron chi connectivity index (χ0n) is 15.1. The van der Waals surface area contributed by atoms with E-state index in [1.807, 2.05) is 13.0 Å². The molecule has 2 heterocycles. The molecule has 0 bridgehead atoms. The first-order valence-electron chi connectivity index (χ1n) is 8.95. The van der Waals surface area contributed by atoms with Crippen molar-refractivity contribution in [3.05, 3.63) is 36.0 Å². The molecule has 0 atom stereocenters. The van der Waals surface area contributed by atoms with Gasteiger partial charge in [-0.15, -0.1) is 0 Å². The van der Waals surface area contributed by atoms with E-state index in [0.717, 1.165) is 36.8 Å². The maximum absolute atomic E-state index is 5.06. The molecule has 1 fully saturated rings. The van der Waals surface area contributed by atoms with Crippen molar-refractivity contribution in [3.8, 4) is 0 Å². The maximum Gasteiger partial charge on any atom is 0.229 e. The molecule has 6 heteroatoms. The summed E-state index contributed by atoms with van der Waals surface area (Å²) < 4.78 is 5.06. The fourth-order valence-corrected chi connectivity index (χ4v) is 3.03. The van der Waals surface area contributed by atoms with Crippen LogP contribution in [0.1, 0.15) is 25.0 Å². The van der Waals surface area contributed by atoms with Gasteiger partial charge < -0.3 is 20.3 Å². The monoisotopic (exact) mass is 341 g/mol. The average Bonchev–Trinajstić information content (AvgIpc) is 2.63. The number of anilines is 4. The molecule has 6 nitrogen and oxygen atoms in total. The SMILES string of the molecule is COCCNc1cc(C)nc(Nc2ccc(N3CCCCC3)cc2)n1. The molecule has 1 aliphatic rings. The second kappa shape index (κ2) is 8.67. The van der Waals surface area contributed by atoms with E-state index in [4.69, 9.17) is 4.74 Å². The largest absolute Gasteiger partial charge is 0.383 e. The second-order valence-corrected chi connectivity index (χ2v) is 6.36. The Morgan fingerprint density at radius 3 is 2.56 bits per heavy atom.